The summed E-state index contributed by atoms with van der Waals surface area (Å²) in [5, 5.41) is 2.79. The molecule has 3 N–H and O–H groups in total. The summed E-state index contributed by atoms with van der Waals surface area (Å²) in [6.07, 6.45) is 3.15. The van der Waals surface area contributed by atoms with E-state index in [1.807, 2.05) is 6.92 Å². The largest absolute Gasteiger partial charge is 0.389 e. The van der Waals surface area contributed by atoms with Crippen molar-refractivity contribution >= 4 is 28.6 Å². The first-order valence-electron chi connectivity index (χ1n) is 5.46. The molecule has 2 rings (SSSR count). The van der Waals surface area contributed by atoms with Gasteiger partial charge in [0.25, 0.3) is 0 Å². The van der Waals surface area contributed by atoms with E-state index in [0.29, 0.717) is 5.69 Å². The summed E-state index contributed by atoms with van der Waals surface area (Å²) in [4.78, 5) is 3.74. The average molecular weight is 279 g/mol. The standard InChI is InChI=1S/C13H11F2N3S/c1-7-4-5-17-6-10(7)18-9-3-2-8(13(16)19)11(14)12(9)15/h2-6,18H,1H3,(H2,16,19). The van der Waals surface area contributed by atoms with Crippen LogP contribution in [0.2, 0.25) is 0 Å². The molecule has 0 fully saturated rings. The number of hydrogen-bond donors (Lipinski definition) is 2. The Bertz CT molecular complexity index is 644. The summed E-state index contributed by atoms with van der Waals surface area (Å²) in [5.41, 5.74) is 6.67. The Labute approximate surface area is 114 Å². The van der Waals surface area contributed by atoms with Gasteiger partial charge in [-0.15, -0.1) is 0 Å². The van der Waals surface area contributed by atoms with Crippen molar-refractivity contribution in [2.45, 2.75) is 6.92 Å². The molecule has 0 aliphatic rings. The molecule has 0 spiro atoms. The van der Waals surface area contributed by atoms with Crippen LogP contribution in [-0.4, -0.2) is 9.97 Å². The molecule has 0 saturated carbocycles. The molecule has 0 atom stereocenters. The first-order chi connectivity index (χ1) is 9.00. The minimum Gasteiger partial charge on any atom is -0.389 e. The smallest absolute Gasteiger partial charge is 0.182 e. The number of nitrogens with one attached hydrogen (secondary N) is 1. The van der Waals surface area contributed by atoms with Gasteiger partial charge >= 0.3 is 0 Å². The van der Waals surface area contributed by atoms with Gasteiger partial charge in [-0.05, 0) is 30.7 Å². The molecule has 1 aromatic carbocycles. The SMILES string of the molecule is Cc1ccncc1Nc1ccc(C(N)=S)c(F)c1F. The molecule has 98 valence electrons. The normalized spacial score (nSPS) is 10.3. The van der Waals surface area contributed by atoms with Gasteiger partial charge in [-0.1, -0.05) is 12.2 Å². The first-order valence-corrected chi connectivity index (χ1v) is 5.87. The Kier molecular flexibility index (Phi) is 3.71. The maximum atomic E-state index is 13.9. The second-order valence-electron chi connectivity index (χ2n) is 3.97. The van der Waals surface area contributed by atoms with Crippen molar-refractivity contribution in [1.82, 2.24) is 4.98 Å². The molecule has 0 aliphatic heterocycles. The number of nitrogens with zero attached hydrogens (tertiary/aromatic N) is 1. The lowest BCUT2D eigenvalue weighted by molar-refractivity contribution is 0.510. The molecule has 2 aromatic rings. The Morgan fingerprint density at radius 3 is 2.58 bits per heavy atom. The van der Waals surface area contributed by atoms with Crippen molar-refractivity contribution in [1.29, 1.82) is 0 Å². The number of halogens is 2. The molecule has 19 heavy (non-hydrogen) atoms. The lowest BCUT2D eigenvalue weighted by atomic mass is 10.1. The molecular weight excluding hydrogens is 268 g/mol. The van der Waals surface area contributed by atoms with Crippen molar-refractivity contribution < 1.29 is 8.78 Å². The van der Waals surface area contributed by atoms with Gasteiger partial charge in [-0.25, -0.2) is 8.78 Å². The highest BCUT2D eigenvalue weighted by Gasteiger charge is 2.15. The highest BCUT2D eigenvalue weighted by atomic mass is 32.1. The fourth-order valence-electron chi connectivity index (χ4n) is 1.58. The summed E-state index contributed by atoms with van der Waals surface area (Å²) < 4.78 is 27.6. The maximum Gasteiger partial charge on any atom is 0.182 e. The lowest BCUT2D eigenvalue weighted by Crippen LogP contribution is -2.13. The molecule has 1 heterocycles. The van der Waals surface area contributed by atoms with Crippen LogP contribution in [0.5, 0.6) is 0 Å². The van der Waals surface area contributed by atoms with Gasteiger partial charge in [0.1, 0.15) is 4.99 Å². The number of aromatic nitrogens is 1. The van der Waals surface area contributed by atoms with Crippen LogP contribution in [0.4, 0.5) is 20.2 Å². The maximum absolute atomic E-state index is 13.9. The van der Waals surface area contributed by atoms with E-state index >= 15 is 0 Å². The van der Waals surface area contributed by atoms with Gasteiger partial charge in [0.05, 0.1) is 17.6 Å². The molecule has 0 amide bonds. The van der Waals surface area contributed by atoms with Gasteiger partial charge in [0, 0.05) is 11.8 Å². The summed E-state index contributed by atoms with van der Waals surface area (Å²) in [7, 11) is 0. The van der Waals surface area contributed by atoms with Crippen molar-refractivity contribution in [3.05, 3.63) is 53.4 Å². The predicted octanol–water partition coefficient (Wildman–Crippen LogP) is 3.05. The van der Waals surface area contributed by atoms with Crippen molar-refractivity contribution in [3.63, 3.8) is 0 Å². The molecule has 0 bridgehead atoms. The van der Waals surface area contributed by atoms with Gasteiger partial charge in [0.15, 0.2) is 11.6 Å². The summed E-state index contributed by atoms with van der Waals surface area (Å²) in [6.45, 7) is 1.83. The predicted molar refractivity (Wildman–Crippen MR) is 74.5 cm³/mol. The highest BCUT2D eigenvalue weighted by molar-refractivity contribution is 7.80. The van der Waals surface area contributed by atoms with Crippen molar-refractivity contribution in [3.8, 4) is 0 Å². The van der Waals surface area contributed by atoms with Crippen molar-refractivity contribution in [2.24, 2.45) is 5.73 Å². The van der Waals surface area contributed by atoms with E-state index in [-0.39, 0.29) is 16.2 Å². The van der Waals surface area contributed by atoms with Gasteiger partial charge in [0.2, 0.25) is 0 Å². The van der Waals surface area contributed by atoms with Gasteiger partial charge < -0.3 is 11.1 Å². The second-order valence-corrected chi connectivity index (χ2v) is 4.41. The number of anilines is 2. The molecule has 0 aliphatic carbocycles. The summed E-state index contributed by atoms with van der Waals surface area (Å²) in [5.74, 6) is -2.08. The number of rotatable bonds is 3. The zero-order chi connectivity index (χ0) is 14.0. The Morgan fingerprint density at radius 1 is 1.21 bits per heavy atom. The zero-order valence-electron chi connectivity index (χ0n) is 10.1. The van der Waals surface area contributed by atoms with Gasteiger partial charge in [-0.3, -0.25) is 4.98 Å². The summed E-state index contributed by atoms with van der Waals surface area (Å²) >= 11 is 4.64. The zero-order valence-corrected chi connectivity index (χ0v) is 10.9. The lowest BCUT2D eigenvalue weighted by Gasteiger charge is -2.11. The van der Waals surface area contributed by atoms with Crippen LogP contribution in [-0.2, 0) is 0 Å². The van der Waals surface area contributed by atoms with E-state index in [9.17, 15) is 8.78 Å². The number of aryl methyl sites for hydroxylation is 1. The second kappa shape index (κ2) is 5.27. The minimum absolute atomic E-state index is 0.00796. The van der Waals surface area contributed by atoms with Crippen LogP contribution in [0.3, 0.4) is 0 Å². The fourth-order valence-corrected chi connectivity index (χ4v) is 1.73. The number of nitrogens with two attached hydrogens (primary N) is 1. The monoisotopic (exact) mass is 279 g/mol. The van der Waals surface area contributed by atoms with Crippen LogP contribution in [0.25, 0.3) is 0 Å². The molecule has 3 nitrogen and oxygen atoms in total. The third kappa shape index (κ3) is 2.68. The number of hydrogen-bond acceptors (Lipinski definition) is 3. The first kappa shape index (κ1) is 13.4. The number of thiocarbonyl (C=S) groups is 1. The van der Waals surface area contributed by atoms with Gasteiger partial charge in [-0.2, -0.15) is 0 Å². The van der Waals surface area contributed by atoms with Crippen LogP contribution in [0, 0.1) is 18.6 Å². The fraction of sp³-hybridized carbons (Fsp3) is 0.0769. The van der Waals surface area contributed by atoms with E-state index in [2.05, 4.69) is 22.5 Å². The average Bonchev–Trinajstić information content (AvgIpc) is 2.37. The van der Waals surface area contributed by atoms with E-state index in [1.165, 1.54) is 18.3 Å². The Morgan fingerprint density at radius 2 is 1.95 bits per heavy atom. The third-order valence-electron chi connectivity index (χ3n) is 2.66. The molecular formula is C13H11F2N3S. The third-order valence-corrected chi connectivity index (χ3v) is 2.88. The molecule has 0 radical (unpaired) electrons. The van der Waals surface area contributed by atoms with Crippen LogP contribution in [0.15, 0.2) is 30.6 Å². The van der Waals surface area contributed by atoms with Crippen LogP contribution >= 0.6 is 12.2 Å². The Hall–Kier alpha value is -2.08. The quantitative estimate of drug-likeness (QED) is 0.848. The molecule has 0 unspecified atom stereocenters. The number of benzene rings is 1. The molecule has 1 aromatic heterocycles. The molecule has 0 saturated heterocycles. The minimum atomic E-state index is -1.06. The highest BCUT2D eigenvalue weighted by Crippen LogP contribution is 2.25. The van der Waals surface area contributed by atoms with Crippen LogP contribution in [0.1, 0.15) is 11.1 Å². The number of pyridine rings is 1. The Balaban J connectivity index is 2.40. The van der Waals surface area contributed by atoms with Crippen molar-refractivity contribution in [2.75, 3.05) is 5.32 Å². The van der Waals surface area contributed by atoms with E-state index in [4.69, 9.17) is 5.73 Å². The molecule has 6 heteroatoms. The topological polar surface area (TPSA) is 50.9 Å². The van der Waals surface area contributed by atoms with E-state index in [1.54, 1.807) is 12.3 Å². The van der Waals surface area contributed by atoms with E-state index < -0.39 is 11.6 Å². The summed E-state index contributed by atoms with van der Waals surface area (Å²) in [6, 6.07) is 4.49. The van der Waals surface area contributed by atoms with E-state index in [0.717, 1.165) is 5.56 Å². The van der Waals surface area contributed by atoms with Crippen LogP contribution < -0.4 is 11.1 Å².